The number of rotatable bonds is 6. The first-order chi connectivity index (χ1) is 13.4. The molecule has 0 saturated carbocycles. The molecular weight excluding hydrogens is 352 g/mol. The number of benzene rings is 1. The van der Waals surface area contributed by atoms with Gasteiger partial charge in [-0.3, -0.25) is 9.69 Å². The molecule has 3 rings (SSSR count). The maximum Gasteiger partial charge on any atom is 0.251 e. The quantitative estimate of drug-likeness (QED) is 0.803. The summed E-state index contributed by atoms with van der Waals surface area (Å²) in [6, 6.07) is 11.8. The van der Waals surface area contributed by atoms with E-state index in [9.17, 15) is 4.79 Å². The lowest BCUT2D eigenvalue weighted by molar-refractivity contribution is 0.0383. The van der Waals surface area contributed by atoms with Gasteiger partial charge in [-0.15, -0.1) is 0 Å². The van der Waals surface area contributed by atoms with Gasteiger partial charge in [0.1, 0.15) is 5.82 Å². The van der Waals surface area contributed by atoms with Crippen molar-refractivity contribution < 1.29 is 9.53 Å². The second-order valence-corrected chi connectivity index (χ2v) is 8.09. The second-order valence-electron chi connectivity index (χ2n) is 8.09. The number of carbonyl (C=O) groups excluding carboxylic acids is 1. The van der Waals surface area contributed by atoms with Crippen LogP contribution in [0.2, 0.25) is 0 Å². The molecule has 28 heavy (non-hydrogen) atoms. The smallest absolute Gasteiger partial charge is 0.251 e. The van der Waals surface area contributed by atoms with Crippen LogP contribution in [0.15, 0.2) is 42.6 Å². The highest BCUT2D eigenvalue weighted by Crippen LogP contribution is 2.24. The minimum absolute atomic E-state index is 0.0817. The molecular formula is C22H30N4O2. The molecule has 1 aromatic carbocycles. The van der Waals surface area contributed by atoms with Crippen LogP contribution < -0.4 is 10.6 Å². The van der Waals surface area contributed by atoms with Crippen molar-refractivity contribution in [2.45, 2.75) is 26.2 Å². The Kier molecular flexibility index (Phi) is 6.65. The lowest BCUT2D eigenvalue weighted by atomic mass is 9.87. The molecule has 1 amide bonds. The second kappa shape index (κ2) is 9.17. The Morgan fingerprint density at radius 3 is 2.54 bits per heavy atom. The molecule has 6 heteroatoms. The van der Waals surface area contributed by atoms with Crippen LogP contribution in [0.1, 0.15) is 36.7 Å². The third-order valence-corrected chi connectivity index (χ3v) is 4.86. The van der Waals surface area contributed by atoms with E-state index < -0.39 is 0 Å². The van der Waals surface area contributed by atoms with E-state index in [1.54, 1.807) is 18.3 Å². The van der Waals surface area contributed by atoms with Gasteiger partial charge in [-0.1, -0.05) is 32.9 Å². The Bertz CT molecular complexity index is 778. The van der Waals surface area contributed by atoms with Crippen LogP contribution in [0.3, 0.4) is 0 Å². The topological polar surface area (TPSA) is 66.5 Å². The SMILES string of the molecule is CC(C)(C)c1ccc(Nc2cc(C(=O)NCCN3CCOCC3)ccn2)cc1. The third kappa shape index (κ3) is 5.78. The van der Waals surface area contributed by atoms with Gasteiger partial charge >= 0.3 is 0 Å². The molecule has 0 aliphatic carbocycles. The number of nitrogens with one attached hydrogen (secondary N) is 2. The Morgan fingerprint density at radius 2 is 1.86 bits per heavy atom. The molecule has 0 radical (unpaired) electrons. The number of ether oxygens (including phenoxy) is 1. The van der Waals surface area contributed by atoms with Crippen molar-refractivity contribution in [3.05, 3.63) is 53.7 Å². The van der Waals surface area contributed by atoms with Gasteiger partial charge in [0, 0.05) is 43.6 Å². The van der Waals surface area contributed by atoms with Gasteiger partial charge < -0.3 is 15.4 Å². The van der Waals surface area contributed by atoms with Gasteiger partial charge in [0.25, 0.3) is 5.91 Å². The zero-order valence-corrected chi connectivity index (χ0v) is 17.0. The molecule has 1 saturated heterocycles. The minimum Gasteiger partial charge on any atom is -0.379 e. The fourth-order valence-electron chi connectivity index (χ4n) is 3.10. The van der Waals surface area contributed by atoms with E-state index in [1.807, 2.05) is 12.1 Å². The monoisotopic (exact) mass is 382 g/mol. The number of amides is 1. The first-order valence-corrected chi connectivity index (χ1v) is 9.84. The van der Waals surface area contributed by atoms with Crippen molar-refractivity contribution in [3.63, 3.8) is 0 Å². The fraction of sp³-hybridized carbons (Fsp3) is 0.455. The van der Waals surface area contributed by atoms with Crippen LogP contribution in [-0.2, 0) is 10.2 Å². The molecule has 6 nitrogen and oxygen atoms in total. The molecule has 2 heterocycles. The van der Waals surface area contributed by atoms with E-state index >= 15 is 0 Å². The zero-order valence-electron chi connectivity index (χ0n) is 17.0. The minimum atomic E-state index is -0.0817. The van der Waals surface area contributed by atoms with E-state index in [0.717, 1.165) is 38.5 Å². The number of nitrogens with zero attached hydrogens (tertiary/aromatic N) is 2. The van der Waals surface area contributed by atoms with Crippen LogP contribution in [0.4, 0.5) is 11.5 Å². The van der Waals surface area contributed by atoms with Crippen LogP contribution in [-0.4, -0.2) is 55.2 Å². The number of pyridine rings is 1. The molecule has 2 aromatic rings. The van der Waals surface area contributed by atoms with Crippen LogP contribution in [0.25, 0.3) is 0 Å². The molecule has 1 aliphatic heterocycles. The predicted molar refractivity (Wildman–Crippen MR) is 112 cm³/mol. The largest absolute Gasteiger partial charge is 0.379 e. The Morgan fingerprint density at radius 1 is 1.14 bits per heavy atom. The van der Waals surface area contributed by atoms with Crippen molar-refractivity contribution in [1.82, 2.24) is 15.2 Å². The molecule has 0 unspecified atom stereocenters. The van der Waals surface area contributed by atoms with E-state index in [1.165, 1.54) is 5.56 Å². The molecule has 0 bridgehead atoms. The van der Waals surface area contributed by atoms with Gasteiger partial charge in [0.2, 0.25) is 0 Å². The average molecular weight is 383 g/mol. The molecule has 0 spiro atoms. The summed E-state index contributed by atoms with van der Waals surface area (Å²) < 4.78 is 5.34. The number of aromatic nitrogens is 1. The molecule has 1 aliphatic rings. The summed E-state index contributed by atoms with van der Waals surface area (Å²) in [5.41, 5.74) is 2.95. The maximum absolute atomic E-state index is 12.4. The summed E-state index contributed by atoms with van der Waals surface area (Å²) in [7, 11) is 0. The van der Waals surface area contributed by atoms with Gasteiger partial charge in [-0.25, -0.2) is 4.98 Å². The first-order valence-electron chi connectivity index (χ1n) is 9.84. The Balaban J connectivity index is 1.54. The van der Waals surface area contributed by atoms with E-state index in [0.29, 0.717) is 17.9 Å². The molecule has 1 aromatic heterocycles. The van der Waals surface area contributed by atoms with Crippen molar-refractivity contribution in [1.29, 1.82) is 0 Å². The molecule has 0 atom stereocenters. The van der Waals surface area contributed by atoms with Crippen molar-refractivity contribution in [2.24, 2.45) is 0 Å². The number of hydrogen-bond acceptors (Lipinski definition) is 5. The fourth-order valence-corrected chi connectivity index (χ4v) is 3.10. The average Bonchev–Trinajstić information content (AvgIpc) is 2.69. The molecule has 150 valence electrons. The van der Waals surface area contributed by atoms with Crippen LogP contribution >= 0.6 is 0 Å². The van der Waals surface area contributed by atoms with E-state index in [4.69, 9.17) is 4.74 Å². The van der Waals surface area contributed by atoms with E-state index in [-0.39, 0.29) is 11.3 Å². The lowest BCUT2D eigenvalue weighted by Gasteiger charge is -2.26. The molecule has 2 N–H and O–H groups in total. The lowest BCUT2D eigenvalue weighted by Crippen LogP contribution is -2.41. The van der Waals surface area contributed by atoms with Gasteiger partial charge in [-0.05, 0) is 35.2 Å². The van der Waals surface area contributed by atoms with E-state index in [2.05, 4.69) is 53.4 Å². The van der Waals surface area contributed by atoms with Crippen molar-refractivity contribution in [3.8, 4) is 0 Å². The van der Waals surface area contributed by atoms with Gasteiger partial charge in [0.05, 0.1) is 13.2 Å². The highest BCUT2D eigenvalue weighted by Gasteiger charge is 2.13. The Hall–Kier alpha value is -2.44. The normalized spacial score (nSPS) is 15.2. The van der Waals surface area contributed by atoms with Crippen LogP contribution in [0.5, 0.6) is 0 Å². The van der Waals surface area contributed by atoms with Crippen molar-refractivity contribution in [2.75, 3.05) is 44.7 Å². The zero-order chi connectivity index (χ0) is 20.0. The number of hydrogen-bond donors (Lipinski definition) is 2. The molecule has 1 fully saturated rings. The summed E-state index contributed by atoms with van der Waals surface area (Å²) in [6.45, 7) is 11.4. The predicted octanol–water partition coefficient (Wildman–Crippen LogP) is 3.18. The third-order valence-electron chi connectivity index (χ3n) is 4.86. The summed E-state index contributed by atoms with van der Waals surface area (Å²) in [4.78, 5) is 19.1. The van der Waals surface area contributed by atoms with Gasteiger partial charge in [-0.2, -0.15) is 0 Å². The highest BCUT2D eigenvalue weighted by molar-refractivity contribution is 5.94. The number of morpholine rings is 1. The number of carbonyl (C=O) groups is 1. The summed E-state index contributed by atoms with van der Waals surface area (Å²) in [6.07, 6.45) is 1.66. The summed E-state index contributed by atoms with van der Waals surface area (Å²) in [5.74, 6) is 0.575. The summed E-state index contributed by atoms with van der Waals surface area (Å²) >= 11 is 0. The van der Waals surface area contributed by atoms with Crippen molar-refractivity contribution >= 4 is 17.4 Å². The highest BCUT2D eigenvalue weighted by atomic mass is 16.5. The Labute approximate surface area is 167 Å². The summed E-state index contributed by atoms with van der Waals surface area (Å²) in [5, 5.41) is 6.26. The maximum atomic E-state index is 12.4. The number of anilines is 2. The first kappa shape index (κ1) is 20.3. The van der Waals surface area contributed by atoms with Gasteiger partial charge in [0.15, 0.2) is 0 Å². The van der Waals surface area contributed by atoms with Crippen LogP contribution in [0, 0.1) is 0 Å². The standard InChI is InChI=1S/C22H30N4O2/c1-22(2,3)18-4-6-19(7-5-18)25-20-16-17(8-9-23-20)21(27)24-10-11-26-12-14-28-15-13-26/h4-9,16H,10-15H2,1-3H3,(H,23,25)(H,24,27).